The highest BCUT2D eigenvalue weighted by molar-refractivity contribution is 9.10. The molecule has 0 bridgehead atoms. The molecule has 1 N–H and O–H groups in total. The fourth-order valence-corrected chi connectivity index (χ4v) is 5.03. The Hall–Kier alpha value is -1.12. The number of rotatable bonds is 6. The van der Waals surface area contributed by atoms with Crippen LogP contribution in [0.1, 0.15) is 32.6 Å². The number of carbonyl (C=O) groups excluding carboxylic acids is 1. The SMILES string of the molecule is CCC1CCCCN1C(=O)CSc1nnc(Nc2cccc(Br)c2)s1. The van der Waals surface area contributed by atoms with E-state index in [0.717, 1.165) is 45.4 Å². The molecule has 8 heteroatoms. The van der Waals surface area contributed by atoms with Gasteiger partial charge in [-0.2, -0.15) is 0 Å². The van der Waals surface area contributed by atoms with Gasteiger partial charge in [-0.1, -0.05) is 52.0 Å². The van der Waals surface area contributed by atoms with Gasteiger partial charge in [-0.25, -0.2) is 0 Å². The molecule has 1 unspecified atom stereocenters. The first-order chi connectivity index (χ1) is 12.2. The molecule has 0 radical (unpaired) electrons. The summed E-state index contributed by atoms with van der Waals surface area (Å²) in [5.74, 6) is 0.649. The van der Waals surface area contributed by atoms with Crippen LogP contribution in [-0.4, -0.2) is 39.3 Å². The Bertz CT molecular complexity index is 724. The van der Waals surface area contributed by atoms with E-state index >= 15 is 0 Å². The molecule has 1 atom stereocenters. The standard InChI is InChI=1S/C17H21BrN4OS2/c1-2-14-8-3-4-9-22(14)15(23)11-24-17-21-20-16(25-17)19-13-7-5-6-12(18)10-13/h5-7,10,14H,2-4,8-9,11H2,1H3,(H,19,20). The van der Waals surface area contributed by atoms with Crippen molar-refractivity contribution in [1.29, 1.82) is 0 Å². The van der Waals surface area contributed by atoms with Crippen LogP contribution >= 0.6 is 39.0 Å². The highest BCUT2D eigenvalue weighted by Gasteiger charge is 2.25. The van der Waals surface area contributed by atoms with E-state index in [1.807, 2.05) is 24.3 Å². The van der Waals surface area contributed by atoms with Gasteiger partial charge in [0.1, 0.15) is 0 Å². The minimum atomic E-state index is 0.216. The predicted octanol–water partition coefficient (Wildman–Crippen LogP) is 4.93. The lowest BCUT2D eigenvalue weighted by atomic mass is 10.0. The summed E-state index contributed by atoms with van der Waals surface area (Å²) in [6, 6.07) is 8.31. The molecule has 25 heavy (non-hydrogen) atoms. The summed E-state index contributed by atoms with van der Waals surface area (Å²) in [7, 11) is 0. The van der Waals surface area contributed by atoms with Crippen molar-refractivity contribution in [2.45, 2.75) is 43.0 Å². The summed E-state index contributed by atoms with van der Waals surface area (Å²) in [5, 5.41) is 12.3. The third-order valence-electron chi connectivity index (χ3n) is 4.22. The fraction of sp³-hybridized carbons (Fsp3) is 0.471. The number of aromatic nitrogens is 2. The van der Waals surface area contributed by atoms with E-state index in [0.29, 0.717) is 11.8 Å². The van der Waals surface area contributed by atoms with Gasteiger partial charge in [-0.3, -0.25) is 4.79 Å². The van der Waals surface area contributed by atoms with Crippen LogP contribution in [0, 0.1) is 0 Å². The minimum Gasteiger partial charge on any atom is -0.339 e. The Kier molecular flexibility index (Phi) is 6.72. The Balaban J connectivity index is 1.53. The average Bonchev–Trinajstić information content (AvgIpc) is 3.07. The van der Waals surface area contributed by atoms with Crippen LogP contribution in [0.3, 0.4) is 0 Å². The van der Waals surface area contributed by atoms with Gasteiger partial charge in [0.05, 0.1) is 5.75 Å². The zero-order valence-corrected chi connectivity index (χ0v) is 17.3. The van der Waals surface area contributed by atoms with E-state index < -0.39 is 0 Å². The predicted molar refractivity (Wildman–Crippen MR) is 108 cm³/mol. The summed E-state index contributed by atoms with van der Waals surface area (Å²) in [4.78, 5) is 14.6. The second-order valence-electron chi connectivity index (χ2n) is 5.94. The average molecular weight is 441 g/mol. The third-order valence-corrected chi connectivity index (χ3v) is 6.67. The molecular weight excluding hydrogens is 420 g/mol. The van der Waals surface area contributed by atoms with Gasteiger partial charge in [-0.15, -0.1) is 10.2 Å². The number of amides is 1. The van der Waals surface area contributed by atoms with E-state index in [1.54, 1.807) is 0 Å². The molecule has 0 saturated carbocycles. The van der Waals surface area contributed by atoms with Gasteiger partial charge in [0, 0.05) is 22.7 Å². The quantitative estimate of drug-likeness (QED) is 0.645. The van der Waals surface area contributed by atoms with Crippen LogP contribution < -0.4 is 5.32 Å². The van der Waals surface area contributed by atoms with E-state index in [9.17, 15) is 4.79 Å². The molecule has 1 aliphatic rings. The van der Waals surface area contributed by atoms with Gasteiger partial charge in [-0.05, 0) is 43.9 Å². The molecule has 3 rings (SSSR count). The molecule has 2 aromatic rings. The Morgan fingerprint density at radius 3 is 3.12 bits per heavy atom. The van der Waals surface area contributed by atoms with Crippen LogP contribution in [0.15, 0.2) is 33.1 Å². The van der Waals surface area contributed by atoms with Gasteiger partial charge in [0.2, 0.25) is 11.0 Å². The second-order valence-corrected chi connectivity index (χ2v) is 9.06. The zero-order chi connectivity index (χ0) is 17.6. The van der Waals surface area contributed by atoms with Crippen LogP contribution in [-0.2, 0) is 4.79 Å². The minimum absolute atomic E-state index is 0.216. The van der Waals surface area contributed by atoms with Crippen molar-refractivity contribution >= 4 is 55.8 Å². The largest absolute Gasteiger partial charge is 0.339 e. The summed E-state index contributed by atoms with van der Waals surface area (Å²) < 4.78 is 1.82. The van der Waals surface area contributed by atoms with Crippen molar-refractivity contribution in [3.63, 3.8) is 0 Å². The monoisotopic (exact) mass is 440 g/mol. The number of nitrogens with zero attached hydrogens (tertiary/aromatic N) is 3. The maximum absolute atomic E-state index is 12.5. The number of likely N-dealkylation sites (tertiary alicyclic amines) is 1. The number of benzene rings is 1. The van der Waals surface area contributed by atoms with Crippen molar-refractivity contribution in [2.24, 2.45) is 0 Å². The van der Waals surface area contributed by atoms with Crippen molar-refractivity contribution < 1.29 is 4.79 Å². The first kappa shape index (κ1) is 18.7. The molecule has 0 spiro atoms. The normalized spacial score (nSPS) is 17.5. The molecule has 5 nitrogen and oxygen atoms in total. The highest BCUT2D eigenvalue weighted by Crippen LogP contribution is 2.29. The third kappa shape index (κ3) is 5.18. The van der Waals surface area contributed by atoms with Crippen LogP contribution in [0.25, 0.3) is 0 Å². The molecule has 1 aliphatic heterocycles. The summed E-state index contributed by atoms with van der Waals surface area (Å²) in [5.41, 5.74) is 0.956. The van der Waals surface area contributed by atoms with Gasteiger partial charge < -0.3 is 10.2 Å². The molecule has 1 aromatic carbocycles. The lowest BCUT2D eigenvalue weighted by molar-refractivity contribution is -0.132. The molecule has 0 aliphatic carbocycles. The fourth-order valence-electron chi connectivity index (χ4n) is 2.97. The summed E-state index contributed by atoms with van der Waals surface area (Å²) in [6.07, 6.45) is 4.52. The summed E-state index contributed by atoms with van der Waals surface area (Å²) >= 11 is 6.40. The maximum Gasteiger partial charge on any atom is 0.233 e. The number of nitrogens with one attached hydrogen (secondary N) is 1. The lowest BCUT2D eigenvalue weighted by Gasteiger charge is -2.35. The number of thioether (sulfide) groups is 1. The Labute approximate surface area is 164 Å². The number of piperidine rings is 1. The number of carbonyl (C=O) groups is 1. The highest BCUT2D eigenvalue weighted by atomic mass is 79.9. The van der Waals surface area contributed by atoms with Crippen molar-refractivity contribution in [3.8, 4) is 0 Å². The van der Waals surface area contributed by atoms with Crippen LogP contribution in [0.4, 0.5) is 10.8 Å². The Morgan fingerprint density at radius 2 is 2.32 bits per heavy atom. The van der Waals surface area contributed by atoms with Gasteiger partial charge in [0.25, 0.3) is 0 Å². The van der Waals surface area contributed by atoms with Gasteiger partial charge >= 0.3 is 0 Å². The molecule has 1 saturated heterocycles. The van der Waals surface area contributed by atoms with E-state index in [1.165, 1.54) is 29.5 Å². The summed E-state index contributed by atoms with van der Waals surface area (Å²) in [6.45, 7) is 3.05. The molecule has 1 aromatic heterocycles. The van der Waals surface area contributed by atoms with Crippen molar-refractivity contribution in [1.82, 2.24) is 15.1 Å². The molecule has 2 heterocycles. The first-order valence-electron chi connectivity index (χ1n) is 8.44. The molecule has 1 amide bonds. The topological polar surface area (TPSA) is 58.1 Å². The van der Waals surface area contributed by atoms with E-state index in [4.69, 9.17) is 0 Å². The molecule has 134 valence electrons. The smallest absolute Gasteiger partial charge is 0.233 e. The number of hydrogen-bond acceptors (Lipinski definition) is 6. The maximum atomic E-state index is 12.5. The Morgan fingerprint density at radius 1 is 1.44 bits per heavy atom. The van der Waals surface area contributed by atoms with E-state index in [2.05, 4.69) is 43.3 Å². The van der Waals surface area contributed by atoms with Crippen molar-refractivity contribution in [2.75, 3.05) is 17.6 Å². The number of halogens is 1. The number of anilines is 2. The molecular formula is C17H21BrN4OS2. The van der Waals surface area contributed by atoms with Crippen LogP contribution in [0.5, 0.6) is 0 Å². The second kappa shape index (κ2) is 9.00. The van der Waals surface area contributed by atoms with E-state index in [-0.39, 0.29) is 5.91 Å². The zero-order valence-electron chi connectivity index (χ0n) is 14.1. The number of hydrogen-bond donors (Lipinski definition) is 1. The van der Waals surface area contributed by atoms with Crippen molar-refractivity contribution in [3.05, 3.63) is 28.7 Å². The lowest BCUT2D eigenvalue weighted by Crippen LogP contribution is -2.44. The first-order valence-corrected chi connectivity index (χ1v) is 11.0. The van der Waals surface area contributed by atoms with Gasteiger partial charge in [0.15, 0.2) is 4.34 Å². The van der Waals surface area contributed by atoms with Crippen LogP contribution in [0.2, 0.25) is 0 Å². The molecule has 1 fully saturated rings.